The van der Waals surface area contributed by atoms with E-state index >= 15 is 0 Å². The molecular formula is C13H19F2N3O. The van der Waals surface area contributed by atoms with Crippen LogP contribution >= 0.6 is 0 Å². The molecule has 106 valence electrons. The van der Waals surface area contributed by atoms with Gasteiger partial charge in [-0.1, -0.05) is 24.3 Å². The average molecular weight is 271 g/mol. The van der Waals surface area contributed by atoms with Crippen LogP contribution in [0, 0.1) is 0 Å². The van der Waals surface area contributed by atoms with Gasteiger partial charge in [-0.2, -0.15) is 0 Å². The summed E-state index contributed by atoms with van der Waals surface area (Å²) in [5.41, 5.74) is 0.963. The molecule has 4 nitrogen and oxygen atoms in total. The van der Waals surface area contributed by atoms with Gasteiger partial charge in [0.25, 0.3) is 6.43 Å². The molecule has 6 heteroatoms. The zero-order valence-corrected chi connectivity index (χ0v) is 11.1. The van der Waals surface area contributed by atoms with Crippen LogP contribution in [0.5, 0.6) is 0 Å². The summed E-state index contributed by atoms with van der Waals surface area (Å²) in [5.74, 6) is 0. The molecule has 0 aliphatic carbocycles. The molecule has 1 aromatic carbocycles. The van der Waals surface area contributed by atoms with Crippen LogP contribution in [0.15, 0.2) is 24.3 Å². The topological polar surface area (TPSA) is 44.4 Å². The Balaban J connectivity index is 2.21. The number of halogens is 2. The average Bonchev–Trinajstić information content (AvgIpc) is 2.38. The van der Waals surface area contributed by atoms with Gasteiger partial charge in [-0.25, -0.2) is 13.6 Å². The van der Waals surface area contributed by atoms with E-state index in [1.165, 1.54) is 17.0 Å². The van der Waals surface area contributed by atoms with Gasteiger partial charge in [0.05, 0.1) is 0 Å². The highest BCUT2D eigenvalue weighted by Crippen LogP contribution is 2.18. The number of nitrogens with zero attached hydrogens (tertiary/aromatic N) is 1. The Morgan fingerprint density at radius 3 is 2.37 bits per heavy atom. The number of nitrogens with one attached hydrogen (secondary N) is 2. The number of carbonyl (C=O) groups is 1. The van der Waals surface area contributed by atoms with E-state index in [0.29, 0.717) is 19.6 Å². The molecule has 0 saturated heterocycles. The molecule has 0 bridgehead atoms. The summed E-state index contributed by atoms with van der Waals surface area (Å²) in [6.45, 7) is 1.73. The molecule has 0 aliphatic heterocycles. The molecule has 19 heavy (non-hydrogen) atoms. The standard InChI is InChI=1S/C13H19F2N3O/c1-18(2)13(19)17-8-7-16-9-10-3-5-11(6-4-10)12(14)15/h3-6,12,16H,7-9H2,1-2H3,(H,17,19). The molecule has 0 aromatic heterocycles. The summed E-state index contributed by atoms with van der Waals surface area (Å²) in [5, 5.41) is 5.84. The molecule has 0 aliphatic rings. The number of urea groups is 1. The molecule has 0 fully saturated rings. The van der Waals surface area contributed by atoms with Crippen molar-refractivity contribution in [2.24, 2.45) is 0 Å². The minimum absolute atomic E-state index is 0.0296. The van der Waals surface area contributed by atoms with Crippen molar-refractivity contribution >= 4 is 6.03 Å². The van der Waals surface area contributed by atoms with Gasteiger partial charge in [0.2, 0.25) is 0 Å². The number of rotatable bonds is 6. The van der Waals surface area contributed by atoms with Crippen molar-refractivity contribution in [3.63, 3.8) is 0 Å². The Labute approximate surface area is 111 Å². The highest BCUT2D eigenvalue weighted by Gasteiger charge is 2.05. The molecule has 1 aromatic rings. The van der Waals surface area contributed by atoms with Gasteiger partial charge < -0.3 is 15.5 Å². The minimum Gasteiger partial charge on any atom is -0.337 e. The molecule has 0 radical (unpaired) electrons. The summed E-state index contributed by atoms with van der Waals surface area (Å²) in [7, 11) is 3.35. The van der Waals surface area contributed by atoms with E-state index in [2.05, 4.69) is 10.6 Å². The molecule has 0 unspecified atom stereocenters. The van der Waals surface area contributed by atoms with Crippen LogP contribution in [0.4, 0.5) is 13.6 Å². The molecule has 2 N–H and O–H groups in total. The van der Waals surface area contributed by atoms with Gasteiger partial charge in [0.1, 0.15) is 0 Å². The molecular weight excluding hydrogens is 252 g/mol. The Bertz CT molecular complexity index is 393. The number of amides is 2. The summed E-state index contributed by atoms with van der Waals surface area (Å²) >= 11 is 0. The summed E-state index contributed by atoms with van der Waals surface area (Å²) in [6.07, 6.45) is -2.43. The second-order valence-corrected chi connectivity index (χ2v) is 4.35. The van der Waals surface area contributed by atoms with Crippen molar-refractivity contribution in [1.29, 1.82) is 0 Å². The lowest BCUT2D eigenvalue weighted by molar-refractivity contribution is 0.151. The maximum Gasteiger partial charge on any atom is 0.316 e. The number of benzene rings is 1. The first kappa shape index (κ1) is 15.4. The fourth-order valence-electron chi connectivity index (χ4n) is 1.43. The van der Waals surface area contributed by atoms with Gasteiger partial charge in [0.15, 0.2) is 0 Å². The van der Waals surface area contributed by atoms with Crippen molar-refractivity contribution in [3.8, 4) is 0 Å². The Hall–Kier alpha value is -1.69. The third kappa shape index (κ3) is 5.65. The first-order valence-corrected chi connectivity index (χ1v) is 6.03. The predicted octanol–water partition coefficient (Wildman–Crippen LogP) is 1.99. The monoisotopic (exact) mass is 271 g/mol. The lowest BCUT2D eigenvalue weighted by Crippen LogP contribution is -2.38. The van der Waals surface area contributed by atoms with E-state index < -0.39 is 6.43 Å². The van der Waals surface area contributed by atoms with Crippen LogP contribution < -0.4 is 10.6 Å². The maximum absolute atomic E-state index is 12.3. The first-order chi connectivity index (χ1) is 9.00. The fraction of sp³-hybridized carbons (Fsp3) is 0.462. The van der Waals surface area contributed by atoms with E-state index in [9.17, 15) is 13.6 Å². The van der Waals surface area contributed by atoms with Gasteiger partial charge in [-0.3, -0.25) is 0 Å². The van der Waals surface area contributed by atoms with Crippen molar-refractivity contribution in [1.82, 2.24) is 15.5 Å². The number of hydrogen-bond acceptors (Lipinski definition) is 2. The van der Waals surface area contributed by atoms with Crippen molar-refractivity contribution in [2.75, 3.05) is 27.2 Å². The first-order valence-electron chi connectivity index (χ1n) is 6.03. The SMILES string of the molecule is CN(C)C(=O)NCCNCc1ccc(C(F)F)cc1. The molecule has 0 heterocycles. The zero-order chi connectivity index (χ0) is 14.3. The van der Waals surface area contributed by atoms with Gasteiger partial charge in [-0.15, -0.1) is 0 Å². The highest BCUT2D eigenvalue weighted by molar-refractivity contribution is 5.73. The molecule has 1 rings (SSSR count). The van der Waals surface area contributed by atoms with Crippen LogP contribution in [-0.2, 0) is 6.54 Å². The highest BCUT2D eigenvalue weighted by atomic mass is 19.3. The lowest BCUT2D eigenvalue weighted by Gasteiger charge is -2.12. The van der Waals surface area contributed by atoms with Gasteiger partial charge in [-0.05, 0) is 5.56 Å². The lowest BCUT2D eigenvalue weighted by atomic mass is 10.1. The maximum atomic E-state index is 12.3. The van der Waals surface area contributed by atoms with E-state index in [1.807, 2.05) is 0 Å². The van der Waals surface area contributed by atoms with Gasteiger partial charge in [0, 0.05) is 39.3 Å². The molecule has 0 saturated carbocycles. The number of alkyl halides is 2. The number of hydrogen-bond donors (Lipinski definition) is 2. The fourth-order valence-corrected chi connectivity index (χ4v) is 1.43. The second kappa shape index (κ2) is 7.68. The van der Waals surface area contributed by atoms with E-state index in [1.54, 1.807) is 26.2 Å². The van der Waals surface area contributed by atoms with Crippen LogP contribution in [0.1, 0.15) is 17.6 Å². The smallest absolute Gasteiger partial charge is 0.316 e. The normalized spacial score (nSPS) is 10.6. The van der Waals surface area contributed by atoms with Crippen LogP contribution in [0.3, 0.4) is 0 Å². The minimum atomic E-state index is -2.43. The largest absolute Gasteiger partial charge is 0.337 e. The summed E-state index contributed by atoms with van der Waals surface area (Å²) in [4.78, 5) is 12.7. The second-order valence-electron chi connectivity index (χ2n) is 4.35. The van der Waals surface area contributed by atoms with Crippen LogP contribution in [0.2, 0.25) is 0 Å². The molecule has 0 atom stereocenters. The Morgan fingerprint density at radius 2 is 1.84 bits per heavy atom. The molecule has 2 amide bonds. The quantitative estimate of drug-likeness (QED) is 0.777. The van der Waals surface area contributed by atoms with E-state index in [4.69, 9.17) is 0 Å². The Kier molecular flexibility index (Phi) is 6.21. The Morgan fingerprint density at radius 1 is 1.21 bits per heavy atom. The van der Waals surface area contributed by atoms with E-state index in [-0.39, 0.29) is 11.6 Å². The van der Waals surface area contributed by atoms with Crippen molar-refractivity contribution in [3.05, 3.63) is 35.4 Å². The number of carbonyl (C=O) groups excluding carboxylic acids is 1. The van der Waals surface area contributed by atoms with E-state index in [0.717, 1.165) is 5.56 Å². The molecule has 0 spiro atoms. The summed E-state index contributed by atoms with van der Waals surface area (Å²) < 4.78 is 24.7. The van der Waals surface area contributed by atoms with Crippen LogP contribution in [-0.4, -0.2) is 38.1 Å². The third-order valence-electron chi connectivity index (χ3n) is 2.55. The van der Waals surface area contributed by atoms with Crippen molar-refractivity contribution < 1.29 is 13.6 Å². The third-order valence-corrected chi connectivity index (χ3v) is 2.55. The zero-order valence-electron chi connectivity index (χ0n) is 11.1. The van der Waals surface area contributed by atoms with Crippen LogP contribution in [0.25, 0.3) is 0 Å². The predicted molar refractivity (Wildman–Crippen MR) is 70.2 cm³/mol. The summed E-state index contributed by atoms with van der Waals surface area (Å²) in [6, 6.07) is 6.06. The van der Waals surface area contributed by atoms with Crippen molar-refractivity contribution in [2.45, 2.75) is 13.0 Å². The van der Waals surface area contributed by atoms with Gasteiger partial charge >= 0.3 is 6.03 Å².